The quantitative estimate of drug-likeness (QED) is 0.205. The Morgan fingerprint density at radius 1 is 0.676 bits per heavy atom. The van der Waals surface area contributed by atoms with Crippen LogP contribution in [0.3, 0.4) is 0 Å². The summed E-state index contributed by atoms with van der Waals surface area (Å²) in [6, 6.07) is 0. The van der Waals surface area contributed by atoms with Crippen molar-refractivity contribution in [3.8, 4) is 0 Å². The highest BCUT2D eigenvalue weighted by molar-refractivity contribution is 7.52. The van der Waals surface area contributed by atoms with E-state index < -0.39 is 38.3 Å². The third-order valence-electron chi connectivity index (χ3n) is 5.78. The first kappa shape index (κ1) is 29.4. The Morgan fingerprint density at radius 2 is 0.971 bits per heavy atom. The lowest BCUT2D eigenvalue weighted by atomic mass is 9.93. The van der Waals surface area contributed by atoms with E-state index in [2.05, 4.69) is 10.2 Å². The fraction of sp³-hybridized carbons (Fsp3) is 0.900. The molecule has 0 aromatic carbocycles. The first-order chi connectivity index (χ1) is 16.0. The van der Waals surface area contributed by atoms with E-state index in [9.17, 15) is 18.7 Å². The monoisotopic (exact) mass is 528 g/mol. The molecule has 0 radical (unpaired) electrons. The number of carbonyl (C=O) groups is 2. The van der Waals surface area contributed by atoms with Gasteiger partial charge < -0.3 is 9.47 Å². The molecule has 12 nitrogen and oxygen atoms in total. The molecule has 2 rings (SSSR count). The number of unbranched alkanes of at least 4 members (excludes halogenated alkanes) is 5. The lowest BCUT2D eigenvalue weighted by Crippen LogP contribution is -2.42. The molecule has 2 heterocycles. The molecule has 0 atom stereocenters. The summed E-state index contributed by atoms with van der Waals surface area (Å²) in [4.78, 5) is 23.5. The second kappa shape index (κ2) is 12.9. The average molecular weight is 528 g/mol. The van der Waals surface area contributed by atoms with Crippen LogP contribution in [0.5, 0.6) is 0 Å². The van der Waals surface area contributed by atoms with Crippen molar-refractivity contribution < 1.29 is 46.3 Å². The summed E-state index contributed by atoms with van der Waals surface area (Å²) in [5.74, 6) is -0.914. The van der Waals surface area contributed by atoms with E-state index in [1.54, 1.807) is 13.8 Å². The van der Waals surface area contributed by atoms with E-state index >= 15 is 0 Å². The van der Waals surface area contributed by atoms with Gasteiger partial charge >= 0.3 is 27.4 Å². The van der Waals surface area contributed by atoms with Crippen molar-refractivity contribution in [1.82, 2.24) is 10.2 Å². The van der Waals surface area contributed by atoms with Gasteiger partial charge in [-0.15, -0.1) is 0 Å². The molecule has 2 aliphatic rings. The van der Waals surface area contributed by atoms with Gasteiger partial charge in [-0.2, -0.15) is 0 Å². The number of rotatable bonds is 13. The Hall–Kier alpha value is -0.840. The number of hydrogen-bond donors (Lipinski definition) is 2. The van der Waals surface area contributed by atoms with Crippen molar-refractivity contribution in [2.75, 3.05) is 53.7 Å². The Morgan fingerprint density at radius 3 is 1.26 bits per heavy atom. The standard InChI is InChI=1S/C20H38N2O10P2/c1-19(17(23)27-3)13-29-33(25,30-14-19)21-11-9-7-5-6-8-10-12-22-34(26)31-15-20(2,16-32-34)18(24)28-4/h5-16H2,1-4H3,(H,21,25)(H,22,26). The topological polar surface area (TPSA) is 148 Å². The van der Waals surface area contributed by atoms with Crippen LogP contribution in [0, 0.1) is 10.8 Å². The molecular formula is C20H38N2O10P2. The fourth-order valence-corrected chi connectivity index (χ4v) is 6.57. The molecule has 34 heavy (non-hydrogen) atoms. The minimum Gasteiger partial charge on any atom is -0.468 e. The predicted molar refractivity (Wildman–Crippen MR) is 123 cm³/mol. The van der Waals surface area contributed by atoms with Crippen molar-refractivity contribution in [2.24, 2.45) is 10.8 Å². The molecule has 2 N–H and O–H groups in total. The van der Waals surface area contributed by atoms with Crippen LogP contribution >= 0.6 is 15.5 Å². The summed E-state index contributed by atoms with van der Waals surface area (Å²) < 4.78 is 55.7. The SMILES string of the molecule is COC(=O)C1(C)COP(=O)(NCCCCCCCCNP2(=O)OCC(C)(C(=O)OC)CO2)OC1. The largest absolute Gasteiger partial charge is 0.468 e. The van der Waals surface area contributed by atoms with Gasteiger partial charge in [-0.1, -0.05) is 25.7 Å². The average Bonchev–Trinajstić information content (AvgIpc) is 2.83. The van der Waals surface area contributed by atoms with Gasteiger partial charge in [-0.3, -0.25) is 27.7 Å². The zero-order valence-electron chi connectivity index (χ0n) is 20.5. The maximum absolute atomic E-state index is 12.5. The normalized spacial score (nSPS) is 33.9. The molecule has 0 aromatic rings. The number of ether oxygens (including phenoxy) is 2. The van der Waals surface area contributed by atoms with E-state index in [1.165, 1.54) is 14.2 Å². The Bertz CT molecular complexity index is 705. The van der Waals surface area contributed by atoms with Crippen LogP contribution < -0.4 is 10.2 Å². The number of nitrogens with one attached hydrogen (secondary N) is 2. The molecule has 198 valence electrons. The van der Waals surface area contributed by atoms with E-state index in [0.717, 1.165) is 38.5 Å². The van der Waals surface area contributed by atoms with Crippen LogP contribution in [-0.4, -0.2) is 65.7 Å². The van der Waals surface area contributed by atoms with Crippen molar-refractivity contribution >= 4 is 27.4 Å². The second-order valence-electron chi connectivity index (χ2n) is 9.13. The lowest BCUT2D eigenvalue weighted by Gasteiger charge is -2.34. The van der Waals surface area contributed by atoms with Crippen LogP contribution in [0.4, 0.5) is 0 Å². The summed E-state index contributed by atoms with van der Waals surface area (Å²) in [5, 5.41) is 5.64. The van der Waals surface area contributed by atoms with Gasteiger partial charge in [0.2, 0.25) is 0 Å². The second-order valence-corrected chi connectivity index (χ2v) is 12.8. The Kier molecular flexibility index (Phi) is 11.2. The minimum atomic E-state index is -3.39. The van der Waals surface area contributed by atoms with Gasteiger partial charge in [0.05, 0.1) is 40.6 Å². The predicted octanol–water partition coefficient (Wildman–Crippen LogP) is 3.17. The zero-order chi connectivity index (χ0) is 25.3. The van der Waals surface area contributed by atoms with Gasteiger partial charge in [0.25, 0.3) is 0 Å². The number of methoxy groups -OCH3 is 2. The maximum Gasteiger partial charge on any atom is 0.405 e. The molecule has 0 saturated carbocycles. The Labute approximate surface area is 201 Å². The smallest absolute Gasteiger partial charge is 0.405 e. The van der Waals surface area contributed by atoms with E-state index in [0.29, 0.717) is 13.1 Å². The van der Waals surface area contributed by atoms with Gasteiger partial charge in [-0.05, 0) is 26.7 Å². The molecule has 2 aliphatic heterocycles. The Balaban J connectivity index is 1.49. The van der Waals surface area contributed by atoms with Gasteiger partial charge in [0.1, 0.15) is 10.8 Å². The van der Waals surface area contributed by atoms with Crippen molar-refractivity contribution in [1.29, 1.82) is 0 Å². The third kappa shape index (κ3) is 8.38. The number of carbonyl (C=O) groups excluding carboxylic acids is 2. The molecule has 2 saturated heterocycles. The zero-order valence-corrected chi connectivity index (χ0v) is 22.3. The van der Waals surface area contributed by atoms with E-state index in [1.807, 2.05) is 0 Å². The molecule has 0 unspecified atom stereocenters. The molecule has 0 spiro atoms. The highest BCUT2D eigenvalue weighted by Gasteiger charge is 2.46. The van der Waals surface area contributed by atoms with Crippen molar-refractivity contribution in [3.05, 3.63) is 0 Å². The molecule has 14 heteroatoms. The van der Waals surface area contributed by atoms with Crippen LogP contribution in [0.2, 0.25) is 0 Å². The fourth-order valence-electron chi connectivity index (χ4n) is 3.37. The number of hydrogen-bond acceptors (Lipinski definition) is 10. The number of esters is 2. The lowest BCUT2D eigenvalue weighted by molar-refractivity contribution is -0.159. The van der Waals surface area contributed by atoms with Gasteiger partial charge in [0.15, 0.2) is 0 Å². The summed E-state index contributed by atoms with van der Waals surface area (Å²) in [6.45, 7) is 4.17. The molecular weight excluding hydrogens is 490 g/mol. The van der Waals surface area contributed by atoms with Crippen LogP contribution in [0.1, 0.15) is 52.4 Å². The maximum atomic E-state index is 12.5. The molecule has 0 bridgehead atoms. The summed E-state index contributed by atoms with van der Waals surface area (Å²) in [6.07, 6.45) is 5.49. The first-order valence-electron chi connectivity index (χ1n) is 11.5. The molecule has 2 fully saturated rings. The summed E-state index contributed by atoms with van der Waals surface area (Å²) >= 11 is 0. The third-order valence-corrected chi connectivity index (χ3v) is 8.88. The molecule has 0 aliphatic carbocycles. The highest BCUT2D eigenvalue weighted by atomic mass is 31.2. The van der Waals surface area contributed by atoms with Crippen LogP contribution in [-0.2, 0) is 46.3 Å². The summed E-state index contributed by atoms with van der Waals surface area (Å²) in [7, 11) is -4.20. The first-order valence-corrected chi connectivity index (χ1v) is 14.5. The molecule has 0 aromatic heterocycles. The van der Waals surface area contributed by atoms with E-state index in [4.69, 9.17) is 27.6 Å². The van der Waals surface area contributed by atoms with Gasteiger partial charge in [0, 0.05) is 13.1 Å². The van der Waals surface area contributed by atoms with Crippen molar-refractivity contribution in [2.45, 2.75) is 52.4 Å². The summed E-state index contributed by atoms with van der Waals surface area (Å²) in [5.41, 5.74) is -1.91. The minimum absolute atomic E-state index is 0.0222. The highest BCUT2D eigenvalue weighted by Crippen LogP contribution is 2.51. The van der Waals surface area contributed by atoms with Crippen LogP contribution in [0.25, 0.3) is 0 Å². The molecule has 0 amide bonds. The van der Waals surface area contributed by atoms with E-state index in [-0.39, 0.29) is 26.4 Å². The van der Waals surface area contributed by atoms with Crippen LogP contribution in [0.15, 0.2) is 0 Å². The van der Waals surface area contributed by atoms with Gasteiger partial charge in [-0.25, -0.2) is 19.3 Å². The van der Waals surface area contributed by atoms with Crippen molar-refractivity contribution in [3.63, 3.8) is 0 Å².